The third-order valence-corrected chi connectivity index (χ3v) is 2.93. The number of carbonyl (C=O) groups is 2. The van der Waals surface area contributed by atoms with E-state index in [1.807, 2.05) is 6.07 Å². The first-order valence-corrected chi connectivity index (χ1v) is 6.67. The molecule has 0 bridgehead atoms. The molecule has 1 atom stereocenters. The lowest BCUT2D eigenvalue weighted by atomic mass is 10.1. The van der Waals surface area contributed by atoms with Crippen LogP contribution in [0.3, 0.4) is 0 Å². The summed E-state index contributed by atoms with van der Waals surface area (Å²) in [5.41, 5.74) is 0.876. The van der Waals surface area contributed by atoms with Crippen molar-refractivity contribution in [2.75, 3.05) is 20.8 Å². The van der Waals surface area contributed by atoms with Gasteiger partial charge in [-0.2, -0.15) is 0 Å². The number of carboxylic acids is 1. The van der Waals surface area contributed by atoms with Crippen molar-refractivity contribution in [3.05, 3.63) is 30.1 Å². The van der Waals surface area contributed by atoms with Crippen LogP contribution in [-0.2, 0) is 16.1 Å². The van der Waals surface area contributed by atoms with E-state index in [2.05, 4.69) is 10.3 Å². The highest BCUT2D eigenvalue weighted by molar-refractivity contribution is 5.82. The van der Waals surface area contributed by atoms with Gasteiger partial charge in [-0.05, 0) is 24.5 Å². The van der Waals surface area contributed by atoms with E-state index in [9.17, 15) is 9.59 Å². The Kier molecular flexibility index (Phi) is 7.17. The topological polar surface area (TPSA) is 91.8 Å². The van der Waals surface area contributed by atoms with Crippen LogP contribution in [0.1, 0.15) is 18.4 Å². The van der Waals surface area contributed by atoms with Gasteiger partial charge in [0.1, 0.15) is 6.04 Å². The van der Waals surface area contributed by atoms with Crippen LogP contribution in [0.4, 0.5) is 4.79 Å². The van der Waals surface area contributed by atoms with Crippen LogP contribution >= 0.6 is 0 Å². The molecule has 0 spiro atoms. The molecule has 0 aromatic carbocycles. The van der Waals surface area contributed by atoms with Gasteiger partial charge in [0.15, 0.2) is 0 Å². The number of nitrogens with zero attached hydrogens (tertiary/aromatic N) is 2. The molecule has 0 fully saturated rings. The average molecular weight is 295 g/mol. The molecule has 1 aromatic heterocycles. The second-order valence-electron chi connectivity index (χ2n) is 4.69. The summed E-state index contributed by atoms with van der Waals surface area (Å²) >= 11 is 0. The minimum absolute atomic E-state index is 0.329. The van der Waals surface area contributed by atoms with E-state index < -0.39 is 18.0 Å². The zero-order valence-corrected chi connectivity index (χ0v) is 12.3. The van der Waals surface area contributed by atoms with E-state index >= 15 is 0 Å². The maximum Gasteiger partial charge on any atom is 0.326 e. The van der Waals surface area contributed by atoms with E-state index in [-0.39, 0.29) is 0 Å². The smallest absolute Gasteiger partial charge is 0.326 e. The predicted octanol–water partition coefficient (Wildman–Crippen LogP) is 1.10. The third kappa shape index (κ3) is 6.22. The molecule has 1 aromatic rings. The van der Waals surface area contributed by atoms with Gasteiger partial charge in [0, 0.05) is 39.7 Å². The van der Waals surface area contributed by atoms with Crippen molar-refractivity contribution >= 4 is 12.0 Å². The van der Waals surface area contributed by atoms with E-state index in [0.29, 0.717) is 26.0 Å². The SMILES string of the molecule is COCCCC(NC(=O)N(C)Cc1cccnc1)C(=O)O. The number of nitrogens with one attached hydrogen (secondary N) is 1. The largest absolute Gasteiger partial charge is 0.480 e. The second-order valence-corrected chi connectivity index (χ2v) is 4.69. The quantitative estimate of drug-likeness (QED) is 0.701. The molecule has 7 nitrogen and oxygen atoms in total. The Labute approximate surface area is 123 Å². The molecule has 0 radical (unpaired) electrons. The maximum absolute atomic E-state index is 12.0. The lowest BCUT2D eigenvalue weighted by Gasteiger charge is -2.21. The molecule has 21 heavy (non-hydrogen) atoms. The van der Waals surface area contributed by atoms with E-state index in [1.54, 1.807) is 32.6 Å². The molecule has 1 rings (SSSR count). The molecule has 0 aliphatic rings. The van der Waals surface area contributed by atoms with E-state index in [1.165, 1.54) is 4.90 Å². The van der Waals surface area contributed by atoms with Gasteiger partial charge in [-0.1, -0.05) is 6.07 Å². The van der Waals surface area contributed by atoms with Gasteiger partial charge in [-0.25, -0.2) is 9.59 Å². The standard InChI is InChI=1S/C14H21N3O4/c1-17(10-11-5-3-7-15-9-11)14(20)16-12(13(18)19)6-4-8-21-2/h3,5,7,9,12H,4,6,8,10H2,1-2H3,(H,16,20)(H,18,19). The molecule has 7 heteroatoms. The van der Waals surface area contributed by atoms with Crippen molar-refractivity contribution in [1.29, 1.82) is 0 Å². The van der Waals surface area contributed by atoms with Gasteiger partial charge in [0.05, 0.1) is 0 Å². The Balaban J connectivity index is 2.50. The fraction of sp³-hybridized carbons (Fsp3) is 0.500. The first kappa shape index (κ1) is 16.9. The summed E-state index contributed by atoms with van der Waals surface area (Å²) in [6.07, 6.45) is 4.21. The molecule has 0 saturated heterocycles. The summed E-state index contributed by atoms with van der Waals surface area (Å²) in [7, 11) is 3.16. The van der Waals surface area contributed by atoms with Gasteiger partial charge >= 0.3 is 12.0 Å². The molecule has 0 aliphatic heterocycles. The molecule has 2 N–H and O–H groups in total. The number of aliphatic carboxylic acids is 1. The van der Waals surface area contributed by atoms with Crippen molar-refractivity contribution in [2.45, 2.75) is 25.4 Å². The van der Waals surface area contributed by atoms with Crippen LogP contribution in [0.5, 0.6) is 0 Å². The summed E-state index contributed by atoms with van der Waals surface area (Å²) in [6, 6.07) is 2.29. The van der Waals surface area contributed by atoms with Gasteiger partial charge in [-0.15, -0.1) is 0 Å². The number of methoxy groups -OCH3 is 1. The van der Waals surface area contributed by atoms with Crippen molar-refractivity contribution < 1.29 is 19.4 Å². The Bertz CT molecular complexity index is 453. The second kappa shape index (κ2) is 8.91. The highest BCUT2D eigenvalue weighted by Crippen LogP contribution is 2.03. The number of carboxylic acid groups (broad SMARTS) is 1. The maximum atomic E-state index is 12.0. The first-order valence-electron chi connectivity index (χ1n) is 6.67. The normalized spacial score (nSPS) is 11.7. The Morgan fingerprint density at radius 2 is 2.29 bits per heavy atom. The van der Waals surface area contributed by atoms with Crippen molar-refractivity contribution in [2.24, 2.45) is 0 Å². The van der Waals surface area contributed by atoms with Crippen LogP contribution in [0, 0.1) is 0 Å². The van der Waals surface area contributed by atoms with Crippen LogP contribution in [-0.4, -0.2) is 53.8 Å². The monoisotopic (exact) mass is 295 g/mol. The summed E-state index contributed by atoms with van der Waals surface area (Å²) in [6.45, 7) is 0.829. The van der Waals surface area contributed by atoms with Crippen LogP contribution in [0.25, 0.3) is 0 Å². The summed E-state index contributed by atoms with van der Waals surface area (Å²) in [5, 5.41) is 11.6. The molecule has 0 saturated carbocycles. The predicted molar refractivity (Wildman–Crippen MR) is 76.8 cm³/mol. The number of hydrogen-bond acceptors (Lipinski definition) is 4. The summed E-state index contributed by atoms with van der Waals surface area (Å²) in [5.74, 6) is -1.05. The molecule has 2 amide bonds. The average Bonchev–Trinajstić information content (AvgIpc) is 2.47. The van der Waals surface area contributed by atoms with Crippen molar-refractivity contribution in [1.82, 2.24) is 15.2 Å². The fourth-order valence-electron chi connectivity index (χ4n) is 1.79. The van der Waals surface area contributed by atoms with Crippen molar-refractivity contribution in [3.8, 4) is 0 Å². The first-order chi connectivity index (χ1) is 10.0. The molecular weight excluding hydrogens is 274 g/mol. The minimum atomic E-state index is -1.05. The number of amides is 2. The number of ether oxygens (including phenoxy) is 1. The third-order valence-electron chi connectivity index (χ3n) is 2.93. The van der Waals surface area contributed by atoms with Gasteiger partial charge in [0.2, 0.25) is 0 Å². The van der Waals surface area contributed by atoms with Gasteiger partial charge < -0.3 is 20.1 Å². The van der Waals surface area contributed by atoms with Crippen LogP contribution < -0.4 is 5.32 Å². The molecule has 116 valence electrons. The number of aromatic nitrogens is 1. The number of carbonyl (C=O) groups excluding carboxylic acids is 1. The van der Waals surface area contributed by atoms with Gasteiger partial charge in [0.25, 0.3) is 0 Å². The van der Waals surface area contributed by atoms with Crippen LogP contribution in [0.15, 0.2) is 24.5 Å². The van der Waals surface area contributed by atoms with E-state index in [0.717, 1.165) is 5.56 Å². The molecule has 1 unspecified atom stereocenters. The highest BCUT2D eigenvalue weighted by Gasteiger charge is 2.21. The molecule has 0 aliphatic carbocycles. The Hall–Kier alpha value is -2.15. The summed E-state index contributed by atoms with van der Waals surface area (Å²) in [4.78, 5) is 28.5. The minimum Gasteiger partial charge on any atom is -0.480 e. The van der Waals surface area contributed by atoms with Crippen LogP contribution in [0.2, 0.25) is 0 Å². The number of rotatable bonds is 8. The highest BCUT2D eigenvalue weighted by atomic mass is 16.5. The van der Waals surface area contributed by atoms with E-state index in [4.69, 9.17) is 9.84 Å². The van der Waals surface area contributed by atoms with Crippen molar-refractivity contribution in [3.63, 3.8) is 0 Å². The molecular formula is C14H21N3O4. The Morgan fingerprint density at radius 3 is 2.86 bits per heavy atom. The lowest BCUT2D eigenvalue weighted by Crippen LogP contribution is -2.46. The van der Waals surface area contributed by atoms with Gasteiger partial charge in [-0.3, -0.25) is 4.98 Å². The number of pyridine rings is 1. The number of urea groups is 1. The fourth-order valence-corrected chi connectivity index (χ4v) is 1.79. The number of hydrogen-bond donors (Lipinski definition) is 2. The Morgan fingerprint density at radius 1 is 1.52 bits per heavy atom. The zero-order chi connectivity index (χ0) is 15.7. The summed E-state index contributed by atoms with van der Waals surface area (Å²) < 4.78 is 4.88. The molecule has 1 heterocycles. The lowest BCUT2D eigenvalue weighted by molar-refractivity contribution is -0.139. The zero-order valence-electron chi connectivity index (χ0n) is 12.3.